The first-order valence-corrected chi connectivity index (χ1v) is 8.19. The van der Waals surface area contributed by atoms with Crippen LogP contribution in [0.25, 0.3) is 0 Å². The second-order valence-corrected chi connectivity index (χ2v) is 7.03. The normalized spacial score (nSPS) is 12.4. The minimum atomic E-state index is -3.58. The van der Waals surface area contributed by atoms with E-state index in [-0.39, 0.29) is 11.5 Å². The molecular formula is C14H24N2O4S. The lowest BCUT2D eigenvalue weighted by molar-refractivity contribution is 0.141. The van der Waals surface area contributed by atoms with Crippen molar-refractivity contribution in [3.05, 3.63) is 24.3 Å². The molecule has 7 heteroatoms. The van der Waals surface area contributed by atoms with Gasteiger partial charge in [0.1, 0.15) is 12.4 Å². The first-order chi connectivity index (χ1) is 9.80. The van der Waals surface area contributed by atoms with Crippen LogP contribution in [-0.2, 0) is 14.8 Å². The highest BCUT2D eigenvalue weighted by atomic mass is 32.2. The van der Waals surface area contributed by atoms with Crippen LogP contribution in [0.15, 0.2) is 29.2 Å². The predicted octanol–water partition coefficient (Wildman–Crippen LogP) is 0.988. The Hall–Kier alpha value is -1.15. The molecule has 0 fully saturated rings. The fourth-order valence-corrected chi connectivity index (χ4v) is 3.20. The summed E-state index contributed by atoms with van der Waals surface area (Å²) in [7, 11) is -0.205. The molecule has 0 bridgehead atoms. The third-order valence-electron chi connectivity index (χ3n) is 2.67. The molecular weight excluding hydrogens is 292 g/mol. The maximum atomic E-state index is 12.3. The van der Waals surface area contributed by atoms with Crippen LogP contribution >= 0.6 is 0 Å². The molecule has 0 aliphatic rings. The maximum Gasteiger partial charge on any atom is 0.241 e. The number of nitrogens with one attached hydrogen (secondary N) is 2. The molecule has 1 aromatic carbocycles. The smallest absolute Gasteiger partial charge is 0.241 e. The average molecular weight is 316 g/mol. The Labute approximate surface area is 126 Å². The third kappa shape index (κ3) is 6.01. The Morgan fingerprint density at radius 3 is 2.33 bits per heavy atom. The van der Waals surface area contributed by atoms with Gasteiger partial charge in [-0.2, -0.15) is 0 Å². The molecule has 1 aromatic rings. The van der Waals surface area contributed by atoms with Crippen molar-refractivity contribution < 1.29 is 17.9 Å². The van der Waals surface area contributed by atoms with E-state index in [9.17, 15) is 8.42 Å². The highest BCUT2D eigenvalue weighted by molar-refractivity contribution is 7.89. The summed E-state index contributed by atoms with van der Waals surface area (Å²) in [4.78, 5) is 0.202. The minimum absolute atomic E-state index is 0.202. The van der Waals surface area contributed by atoms with Crippen LogP contribution in [0, 0.1) is 0 Å². The van der Waals surface area contributed by atoms with Crippen molar-refractivity contribution in [1.29, 1.82) is 0 Å². The molecule has 0 aliphatic heterocycles. The highest BCUT2D eigenvalue weighted by Gasteiger charge is 2.26. The average Bonchev–Trinajstić information content (AvgIpc) is 2.38. The molecule has 120 valence electrons. The maximum absolute atomic E-state index is 12.3. The number of likely N-dealkylation sites (N-methyl/N-ethyl adjacent to an activating group) is 1. The van der Waals surface area contributed by atoms with Crippen LogP contribution in [0.2, 0.25) is 0 Å². The number of hydrogen-bond donors (Lipinski definition) is 2. The quantitative estimate of drug-likeness (QED) is 0.664. The summed E-state index contributed by atoms with van der Waals surface area (Å²) in [5, 5.41) is 2.97. The molecule has 2 N–H and O–H groups in total. The molecule has 21 heavy (non-hydrogen) atoms. The lowest BCUT2D eigenvalue weighted by atomic mass is 10.1. The number of benzene rings is 1. The second-order valence-electron chi connectivity index (χ2n) is 5.35. The number of methoxy groups -OCH3 is 1. The molecule has 0 amide bonds. The van der Waals surface area contributed by atoms with E-state index < -0.39 is 15.6 Å². The monoisotopic (exact) mass is 316 g/mol. The summed E-state index contributed by atoms with van der Waals surface area (Å²) < 4.78 is 37.6. The molecule has 1 rings (SSSR count). The molecule has 0 radical (unpaired) electrons. The predicted molar refractivity (Wildman–Crippen MR) is 82.1 cm³/mol. The lowest BCUT2D eigenvalue weighted by Crippen LogP contribution is -2.46. The molecule has 0 aromatic heterocycles. The van der Waals surface area contributed by atoms with Crippen molar-refractivity contribution in [2.45, 2.75) is 24.3 Å². The van der Waals surface area contributed by atoms with E-state index >= 15 is 0 Å². The van der Waals surface area contributed by atoms with Crippen molar-refractivity contribution in [2.24, 2.45) is 0 Å². The van der Waals surface area contributed by atoms with E-state index in [1.807, 2.05) is 7.05 Å². The van der Waals surface area contributed by atoms with Crippen molar-refractivity contribution in [3.63, 3.8) is 0 Å². The van der Waals surface area contributed by atoms with Crippen LogP contribution in [0.3, 0.4) is 0 Å². The zero-order valence-corrected chi connectivity index (χ0v) is 13.8. The van der Waals surface area contributed by atoms with E-state index in [4.69, 9.17) is 9.47 Å². The lowest BCUT2D eigenvalue weighted by Gasteiger charge is -2.24. The van der Waals surface area contributed by atoms with Gasteiger partial charge in [-0.05, 0) is 45.2 Å². The van der Waals surface area contributed by atoms with Gasteiger partial charge in [-0.3, -0.25) is 0 Å². The molecule has 0 aliphatic carbocycles. The number of rotatable bonds is 9. The van der Waals surface area contributed by atoms with E-state index in [2.05, 4.69) is 10.0 Å². The van der Waals surface area contributed by atoms with Crippen LogP contribution < -0.4 is 14.8 Å². The summed E-state index contributed by atoms with van der Waals surface area (Å²) in [6.07, 6.45) is 0. The summed E-state index contributed by atoms with van der Waals surface area (Å²) >= 11 is 0. The Balaban J connectivity index is 2.75. The molecule has 0 atom stereocenters. The van der Waals surface area contributed by atoms with Gasteiger partial charge in [0.25, 0.3) is 0 Å². The van der Waals surface area contributed by atoms with Gasteiger partial charge in [-0.25, -0.2) is 13.1 Å². The first-order valence-electron chi connectivity index (χ1n) is 6.71. The standard InChI is InChI=1S/C14H24N2O4S/c1-14(2,11-19-4)16-21(17,18)13-7-5-12(6-8-13)20-10-9-15-3/h5-8,15-16H,9-11H2,1-4H3. The van der Waals surface area contributed by atoms with Gasteiger partial charge in [0.2, 0.25) is 10.0 Å². The number of sulfonamides is 1. The molecule has 0 unspecified atom stereocenters. The summed E-state index contributed by atoms with van der Waals surface area (Å²) in [6.45, 7) is 5.08. The van der Waals surface area contributed by atoms with Crippen molar-refractivity contribution in [1.82, 2.24) is 10.0 Å². The van der Waals surface area contributed by atoms with E-state index in [1.54, 1.807) is 26.0 Å². The van der Waals surface area contributed by atoms with Crippen molar-refractivity contribution >= 4 is 10.0 Å². The SMILES string of the molecule is CNCCOc1ccc(S(=O)(=O)NC(C)(C)COC)cc1. The zero-order chi connectivity index (χ0) is 15.9. The van der Waals surface area contributed by atoms with Crippen LogP contribution in [-0.4, -0.2) is 47.9 Å². The van der Waals surface area contributed by atoms with Gasteiger partial charge in [-0.1, -0.05) is 0 Å². The Morgan fingerprint density at radius 1 is 1.19 bits per heavy atom. The van der Waals surface area contributed by atoms with Crippen molar-refractivity contribution in [2.75, 3.05) is 33.9 Å². The summed E-state index contributed by atoms with van der Waals surface area (Å²) in [5.74, 6) is 0.639. The van der Waals surface area contributed by atoms with Crippen molar-refractivity contribution in [3.8, 4) is 5.75 Å². The van der Waals surface area contributed by atoms with Crippen LogP contribution in [0.1, 0.15) is 13.8 Å². The Morgan fingerprint density at radius 2 is 1.81 bits per heavy atom. The van der Waals surface area contributed by atoms with Gasteiger partial charge in [-0.15, -0.1) is 0 Å². The first kappa shape index (κ1) is 17.9. The van der Waals surface area contributed by atoms with Gasteiger partial charge in [0, 0.05) is 13.7 Å². The van der Waals surface area contributed by atoms with E-state index in [0.29, 0.717) is 12.4 Å². The third-order valence-corrected chi connectivity index (χ3v) is 4.38. The largest absolute Gasteiger partial charge is 0.492 e. The molecule has 0 saturated carbocycles. The minimum Gasteiger partial charge on any atom is -0.492 e. The number of hydrogen-bond acceptors (Lipinski definition) is 5. The van der Waals surface area contributed by atoms with E-state index in [0.717, 1.165) is 6.54 Å². The van der Waals surface area contributed by atoms with Gasteiger partial charge >= 0.3 is 0 Å². The van der Waals surface area contributed by atoms with Crippen LogP contribution in [0.5, 0.6) is 5.75 Å². The van der Waals surface area contributed by atoms with Gasteiger partial charge in [0.15, 0.2) is 0 Å². The fourth-order valence-electron chi connectivity index (χ4n) is 1.80. The summed E-state index contributed by atoms with van der Waals surface area (Å²) in [5.41, 5.74) is -0.671. The molecule has 0 heterocycles. The zero-order valence-electron chi connectivity index (χ0n) is 13.0. The second kappa shape index (κ2) is 7.74. The van der Waals surface area contributed by atoms with Gasteiger partial charge in [0.05, 0.1) is 17.0 Å². The Kier molecular flexibility index (Phi) is 6.60. The number of ether oxygens (including phenoxy) is 2. The summed E-state index contributed by atoms with van der Waals surface area (Å²) in [6, 6.07) is 6.35. The van der Waals surface area contributed by atoms with E-state index in [1.165, 1.54) is 19.2 Å². The Bertz CT molecular complexity index is 526. The molecule has 0 spiro atoms. The van der Waals surface area contributed by atoms with Crippen LogP contribution in [0.4, 0.5) is 0 Å². The topological polar surface area (TPSA) is 76.7 Å². The van der Waals surface area contributed by atoms with Gasteiger partial charge < -0.3 is 14.8 Å². The molecule has 6 nitrogen and oxygen atoms in total. The fraction of sp³-hybridized carbons (Fsp3) is 0.571. The molecule has 0 saturated heterocycles. The highest BCUT2D eigenvalue weighted by Crippen LogP contribution is 2.17.